The van der Waals surface area contributed by atoms with Crippen LogP contribution >= 0.6 is 0 Å². The zero-order valence-electron chi connectivity index (χ0n) is 18.8. The molecule has 2 aliphatic rings. The molecular weight excluding hydrogens is 412 g/mol. The Kier molecular flexibility index (Phi) is 5.86. The van der Waals surface area contributed by atoms with E-state index >= 15 is 0 Å². The predicted octanol–water partition coefficient (Wildman–Crippen LogP) is 5.05. The number of nitrogens with one attached hydrogen (secondary N) is 1. The quantitative estimate of drug-likeness (QED) is 0.617. The highest BCUT2D eigenvalue weighted by molar-refractivity contribution is 5.92. The van der Waals surface area contributed by atoms with Crippen molar-refractivity contribution in [3.05, 3.63) is 95.1 Å². The summed E-state index contributed by atoms with van der Waals surface area (Å²) in [5.74, 6) is 0.629. The number of hydrogen-bond donors (Lipinski definition) is 1. The number of carbonyl (C=O) groups is 2. The lowest BCUT2D eigenvalue weighted by atomic mass is 9.86. The van der Waals surface area contributed by atoms with Gasteiger partial charge < -0.3 is 15.0 Å². The van der Waals surface area contributed by atoms with Crippen molar-refractivity contribution < 1.29 is 14.3 Å². The minimum absolute atomic E-state index is 0.00238. The fraction of sp³-hybridized carbons (Fsp3) is 0.286. The Morgan fingerprint density at radius 2 is 1.82 bits per heavy atom. The van der Waals surface area contributed by atoms with Crippen LogP contribution in [0.5, 0.6) is 5.75 Å². The van der Waals surface area contributed by atoms with E-state index in [1.54, 1.807) is 0 Å². The molecule has 0 spiro atoms. The summed E-state index contributed by atoms with van der Waals surface area (Å²) in [5.41, 5.74) is 5.15. The molecule has 2 amide bonds. The average Bonchev–Trinajstić information content (AvgIpc) is 2.95. The normalized spacial score (nSPS) is 19.7. The van der Waals surface area contributed by atoms with Crippen molar-refractivity contribution in [3.8, 4) is 5.75 Å². The van der Waals surface area contributed by atoms with Crippen LogP contribution in [0.3, 0.4) is 0 Å². The summed E-state index contributed by atoms with van der Waals surface area (Å²) < 4.78 is 6.03. The molecule has 0 aromatic heterocycles. The molecule has 33 heavy (non-hydrogen) atoms. The van der Waals surface area contributed by atoms with Crippen molar-refractivity contribution in [2.75, 3.05) is 5.32 Å². The maximum Gasteiger partial charge on any atom is 0.264 e. The fourth-order valence-corrected chi connectivity index (χ4v) is 4.93. The van der Waals surface area contributed by atoms with Gasteiger partial charge >= 0.3 is 0 Å². The van der Waals surface area contributed by atoms with Crippen LogP contribution in [0.2, 0.25) is 0 Å². The van der Waals surface area contributed by atoms with Crippen LogP contribution < -0.4 is 10.1 Å². The highest BCUT2D eigenvalue weighted by Crippen LogP contribution is 2.38. The third-order valence-corrected chi connectivity index (χ3v) is 6.54. The minimum atomic E-state index is -0.557. The van der Waals surface area contributed by atoms with Gasteiger partial charge in [0, 0.05) is 11.3 Å². The molecule has 1 N–H and O–H groups in total. The third-order valence-electron chi connectivity index (χ3n) is 6.54. The summed E-state index contributed by atoms with van der Waals surface area (Å²) in [6.45, 7) is 2.27. The Labute approximate surface area is 194 Å². The van der Waals surface area contributed by atoms with Crippen LogP contribution in [0.15, 0.2) is 72.8 Å². The van der Waals surface area contributed by atoms with E-state index in [2.05, 4.69) is 23.5 Å². The summed E-state index contributed by atoms with van der Waals surface area (Å²) >= 11 is 0. The second-order valence-corrected chi connectivity index (χ2v) is 8.87. The Balaban J connectivity index is 1.40. The summed E-state index contributed by atoms with van der Waals surface area (Å²) in [4.78, 5) is 27.8. The Bertz CT molecular complexity index is 1170. The van der Waals surface area contributed by atoms with Gasteiger partial charge in [0.05, 0.1) is 19.0 Å². The molecule has 5 nitrogen and oxygen atoms in total. The first-order valence-corrected chi connectivity index (χ1v) is 11.6. The SMILES string of the molecule is CC1Oc2ccc(NC(=O)Cc3ccccc3)cc2CN(C2CCCc3ccccc32)C1=O. The highest BCUT2D eigenvalue weighted by atomic mass is 16.5. The molecule has 168 valence electrons. The van der Waals surface area contributed by atoms with Crippen molar-refractivity contribution in [1.29, 1.82) is 0 Å². The number of ether oxygens (including phenoxy) is 1. The molecule has 0 bridgehead atoms. The third kappa shape index (κ3) is 4.49. The Morgan fingerprint density at radius 3 is 2.67 bits per heavy atom. The summed E-state index contributed by atoms with van der Waals surface area (Å²) in [6, 6.07) is 23.8. The van der Waals surface area contributed by atoms with E-state index in [1.807, 2.05) is 66.4 Å². The molecule has 1 aliphatic carbocycles. The van der Waals surface area contributed by atoms with Crippen LogP contribution in [0.1, 0.15) is 48.1 Å². The lowest BCUT2D eigenvalue weighted by Gasteiger charge is -2.35. The minimum Gasteiger partial charge on any atom is -0.481 e. The zero-order chi connectivity index (χ0) is 22.8. The van der Waals surface area contributed by atoms with Gasteiger partial charge in [-0.1, -0.05) is 54.6 Å². The van der Waals surface area contributed by atoms with Crippen molar-refractivity contribution in [1.82, 2.24) is 4.90 Å². The van der Waals surface area contributed by atoms with E-state index in [0.717, 1.165) is 30.4 Å². The van der Waals surface area contributed by atoms with Crippen LogP contribution in [-0.4, -0.2) is 22.8 Å². The van der Waals surface area contributed by atoms with Gasteiger partial charge in [-0.15, -0.1) is 0 Å². The number of anilines is 1. The van der Waals surface area contributed by atoms with Crippen LogP contribution in [-0.2, 0) is 29.0 Å². The van der Waals surface area contributed by atoms with Crippen LogP contribution in [0.4, 0.5) is 5.69 Å². The van der Waals surface area contributed by atoms with E-state index in [0.29, 0.717) is 24.4 Å². The maximum atomic E-state index is 13.3. The number of carbonyl (C=O) groups excluding carboxylic acids is 2. The van der Waals surface area contributed by atoms with E-state index in [-0.39, 0.29) is 17.9 Å². The van der Waals surface area contributed by atoms with Crippen molar-refractivity contribution >= 4 is 17.5 Å². The number of amides is 2. The second-order valence-electron chi connectivity index (χ2n) is 8.87. The maximum absolute atomic E-state index is 13.3. The van der Waals surface area contributed by atoms with E-state index in [4.69, 9.17) is 4.74 Å². The molecule has 2 unspecified atom stereocenters. The number of hydrogen-bond acceptors (Lipinski definition) is 3. The first-order chi connectivity index (χ1) is 16.1. The van der Waals surface area contributed by atoms with E-state index < -0.39 is 6.10 Å². The molecule has 1 heterocycles. The van der Waals surface area contributed by atoms with E-state index in [9.17, 15) is 9.59 Å². The zero-order valence-corrected chi connectivity index (χ0v) is 18.8. The molecule has 3 aromatic rings. The van der Waals surface area contributed by atoms with Gasteiger partial charge in [-0.3, -0.25) is 9.59 Å². The Morgan fingerprint density at radius 1 is 1.03 bits per heavy atom. The number of fused-ring (bicyclic) bond motifs is 2. The molecule has 3 aromatic carbocycles. The lowest BCUT2D eigenvalue weighted by Crippen LogP contribution is -2.41. The highest BCUT2D eigenvalue weighted by Gasteiger charge is 2.35. The number of aryl methyl sites for hydroxylation is 1. The standard InChI is InChI=1S/C28H28N2O3/c1-19-28(32)30(25-13-7-11-21-10-5-6-12-24(21)25)18-22-17-23(14-15-26(22)33-19)29-27(31)16-20-8-3-2-4-9-20/h2-6,8-10,12,14-15,17,19,25H,7,11,13,16,18H2,1H3,(H,29,31). The predicted molar refractivity (Wildman–Crippen MR) is 128 cm³/mol. The molecule has 5 rings (SSSR count). The molecule has 5 heteroatoms. The van der Waals surface area contributed by atoms with Crippen LogP contribution in [0, 0.1) is 0 Å². The van der Waals surface area contributed by atoms with Gasteiger partial charge in [0.2, 0.25) is 5.91 Å². The smallest absolute Gasteiger partial charge is 0.264 e. The summed E-state index contributed by atoms with van der Waals surface area (Å²) in [5, 5.41) is 3.00. The van der Waals surface area contributed by atoms with Gasteiger partial charge in [-0.25, -0.2) is 0 Å². The molecule has 0 saturated carbocycles. The van der Waals surface area contributed by atoms with Crippen molar-refractivity contribution in [2.45, 2.75) is 51.3 Å². The van der Waals surface area contributed by atoms with Gasteiger partial charge in [-0.2, -0.15) is 0 Å². The van der Waals surface area contributed by atoms with E-state index in [1.165, 1.54) is 11.1 Å². The topological polar surface area (TPSA) is 58.6 Å². The van der Waals surface area contributed by atoms with Crippen molar-refractivity contribution in [2.24, 2.45) is 0 Å². The fourth-order valence-electron chi connectivity index (χ4n) is 4.93. The molecule has 0 radical (unpaired) electrons. The monoisotopic (exact) mass is 440 g/mol. The number of benzene rings is 3. The van der Waals surface area contributed by atoms with Gasteiger partial charge in [0.25, 0.3) is 5.91 Å². The Hall–Kier alpha value is -3.60. The second kappa shape index (κ2) is 9.10. The lowest BCUT2D eigenvalue weighted by molar-refractivity contribution is -0.140. The summed E-state index contributed by atoms with van der Waals surface area (Å²) in [6.07, 6.45) is 2.81. The molecular formula is C28H28N2O3. The van der Waals surface area contributed by atoms with Crippen molar-refractivity contribution in [3.63, 3.8) is 0 Å². The first kappa shape index (κ1) is 21.3. The largest absolute Gasteiger partial charge is 0.481 e. The summed E-state index contributed by atoms with van der Waals surface area (Å²) in [7, 11) is 0. The first-order valence-electron chi connectivity index (χ1n) is 11.6. The number of rotatable bonds is 4. The molecule has 0 fully saturated rings. The van der Waals surface area contributed by atoms with Gasteiger partial charge in [0.1, 0.15) is 5.75 Å². The van der Waals surface area contributed by atoms with Crippen LogP contribution in [0.25, 0.3) is 0 Å². The average molecular weight is 441 g/mol. The van der Waals surface area contributed by atoms with Gasteiger partial charge in [0.15, 0.2) is 6.10 Å². The van der Waals surface area contributed by atoms with Gasteiger partial charge in [-0.05, 0) is 61.1 Å². The molecule has 1 aliphatic heterocycles. The number of nitrogens with zero attached hydrogens (tertiary/aromatic N) is 1. The molecule has 0 saturated heterocycles. The molecule has 2 atom stereocenters.